The number of aliphatic hydroxyl groups is 1. The van der Waals surface area contributed by atoms with Crippen LogP contribution in [0.25, 0.3) is 22.0 Å². The highest BCUT2D eigenvalue weighted by Crippen LogP contribution is 2.46. The predicted octanol–water partition coefficient (Wildman–Crippen LogP) is 7.41. The molecule has 4 aromatic rings. The normalized spacial score (nSPS) is 18.8. The molecule has 37 heavy (non-hydrogen) atoms. The number of anilines is 1. The fraction of sp³-hybridized carbons (Fsp3) is 0.344. The lowest BCUT2D eigenvalue weighted by molar-refractivity contribution is 0.0868. The van der Waals surface area contributed by atoms with E-state index in [9.17, 15) is 5.11 Å². The zero-order chi connectivity index (χ0) is 26.5. The molecule has 5 heteroatoms. The van der Waals surface area contributed by atoms with Crippen molar-refractivity contribution in [3.8, 4) is 23.0 Å². The number of nitrogens with one attached hydrogen (secondary N) is 2. The van der Waals surface area contributed by atoms with Gasteiger partial charge in [-0.25, -0.2) is 0 Å². The Labute approximate surface area is 223 Å². The summed E-state index contributed by atoms with van der Waals surface area (Å²) in [6.45, 7) is 15.4. The third-order valence-corrected chi connectivity index (χ3v) is 8.63. The van der Waals surface area contributed by atoms with Crippen LogP contribution >= 0.6 is 11.3 Å². The smallest absolute Gasteiger partial charge is 0.0831 e. The molecule has 1 aliphatic rings. The number of aliphatic imine (C=N–C) groups is 1. The van der Waals surface area contributed by atoms with Crippen LogP contribution in [-0.2, 0) is 0 Å². The van der Waals surface area contributed by atoms with Crippen LogP contribution in [0, 0.1) is 25.7 Å². The number of nitrogens with zero attached hydrogens (tertiary/aromatic N) is 1. The maximum absolute atomic E-state index is 11.3. The van der Waals surface area contributed by atoms with E-state index in [2.05, 4.69) is 118 Å². The van der Waals surface area contributed by atoms with E-state index in [4.69, 9.17) is 0 Å². The summed E-state index contributed by atoms with van der Waals surface area (Å²) in [4.78, 5) is 9.23. The van der Waals surface area contributed by atoms with E-state index in [-0.39, 0.29) is 5.92 Å². The maximum atomic E-state index is 11.3. The van der Waals surface area contributed by atoms with E-state index in [1.54, 1.807) is 11.3 Å². The van der Waals surface area contributed by atoms with Gasteiger partial charge in [-0.15, -0.1) is 11.3 Å². The summed E-state index contributed by atoms with van der Waals surface area (Å²) in [5, 5.41) is 18.2. The van der Waals surface area contributed by atoms with Crippen molar-refractivity contribution < 1.29 is 5.11 Å². The van der Waals surface area contributed by atoms with E-state index in [0.29, 0.717) is 0 Å². The standard InChI is InChI=1S/C32H35N3OS/c1-8-33-21(5)30-22(14-15-37-30)12-13-24-26(25-11-9-10-23-19(3)17-34-29(23)25)16-18(2)28-27(24)20(4)31(36)32(6,7)35-28/h9-11,14-17,20,31,34-36H,8H2,1-7H3/t20-,31?/m0/s1. The summed E-state index contributed by atoms with van der Waals surface area (Å²) in [5.74, 6) is 7.01. The molecule has 2 aromatic carbocycles. The summed E-state index contributed by atoms with van der Waals surface area (Å²) in [6, 6.07) is 10.8. The van der Waals surface area contributed by atoms with Gasteiger partial charge < -0.3 is 15.4 Å². The van der Waals surface area contributed by atoms with Crippen molar-refractivity contribution in [3.63, 3.8) is 0 Å². The second-order valence-electron chi connectivity index (χ2n) is 10.7. The van der Waals surface area contributed by atoms with Crippen LogP contribution in [0.1, 0.15) is 73.2 Å². The van der Waals surface area contributed by atoms with Gasteiger partial charge in [-0.2, -0.15) is 0 Å². The Hall–Kier alpha value is -3.33. The van der Waals surface area contributed by atoms with Gasteiger partial charge >= 0.3 is 0 Å². The molecule has 2 atom stereocenters. The Bertz CT molecular complexity index is 1590. The molecule has 3 heterocycles. The van der Waals surface area contributed by atoms with Crippen molar-refractivity contribution in [1.29, 1.82) is 0 Å². The number of aromatic nitrogens is 1. The summed E-state index contributed by atoms with van der Waals surface area (Å²) < 4.78 is 0. The first-order chi connectivity index (χ1) is 17.6. The molecule has 190 valence electrons. The molecule has 2 aromatic heterocycles. The third kappa shape index (κ3) is 4.29. The van der Waals surface area contributed by atoms with Gasteiger partial charge in [0.15, 0.2) is 0 Å². The lowest BCUT2D eigenvalue weighted by Crippen LogP contribution is -2.50. The largest absolute Gasteiger partial charge is 0.390 e. The van der Waals surface area contributed by atoms with E-state index >= 15 is 0 Å². The fourth-order valence-electron chi connectivity index (χ4n) is 5.64. The molecule has 0 spiro atoms. The monoisotopic (exact) mass is 509 g/mol. The zero-order valence-electron chi connectivity index (χ0n) is 22.7. The van der Waals surface area contributed by atoms with Crippen LogP contribution < -0.4 is 5.32 Å². The molecular weight excluding hydrogens is 474 g/mol. The van der Waals surface area contributed by atoms with Crippen LogP contribution in [0.15, 0.2) is 46.9 Å². The lowest BCUT2D eigenvalue weighted by Gasteiger charge is -2.43. The Kier molecular flexibility index (Phi) is 6.52. The number of aryl methyl sites for hydroxylation is 2. The van der Waals surface area contributed by atoms with Gasteiger partial charge in [-0.3, -0.25) is 4.99 Å². The molecule has 1 aliphatic heterocycles. The van der Waals surface area contributed by atoms with Crippen LogP contribution in [0.2, 0.25) is 0 Å². The van der Waals surface area contributed by atoms with E-state index in [1.165, 1.54) is 10.9 Å². The Morgan fingerprint density at radius 2 is 1.92 bits per heavy atom. The Balaban J connectivity index is 1.81. The van der Waals surface area contributed by atoms with Gasteiger partial charge in [0.25, 0.3) is 0 Å². The van der Waals surface area contributed by atoms with Crippen molar-refractivity contribution >= 4 is 33.6 Å². The fourth-order valence-corrected chi connectivity index (χ4v) is 6.46. The van der Waals surface area contributed by atoms with Gasteiger partial charge in [0.05, 0.1) is 27.7 Å². The summed E-state index contributed by atoms with van der Waals surface area (Å²) >= 11 is 1.68. The van der Waals surface area contributed by atoms with Crippen molar-refractivity contribution in [1.82, 2.24) is 4.98 Å². The number of aromatic amines is 1. The first-order valence-corrected chi connectivity index (χ1v) is 13.8. The molecule has 3 N–H and O–H groups in total. The number of hydrogen-bond donors (Lipinski definition) is 3. The SMILES string of the molecule is CCN=C(C)c1sccc1C#Cc1c(-c2cccc3c(C)c[nH]c23)cc(C)c2c1[C@H](C)C(O)C(C)(C)N2. The number of hydrogen-bond acceptors (Lipinski definition) is 4. The molecule has 0 saturated heterocycles. The molecule has 0 fully saturated rings. The number of thiophene rings is 1. The van der Waals surface area contributed by atoms with Crippen molar-refractivity contribution in [2.75, 3.05) is 11.9 Å². The molecular formula is C32H35N3OS. The van der Waals surface area contributed by atoms with Crippen molar-refractivity contribution in [3.05, 3.63) is 74.6 Å². The van der Waals surface area contributed by atoms with Crippen LogP contribution in [0.4, 0.5) is 5.69 Å². The van der Waals surface area contributed by atoms with Crippen LogP contribution in [-0.4, -0.2) is 34.0 Å². The van der Waals surface area contributed by atoms with Crippen LogP contribution in [0.3, 0.4) is 0 Å². The third-order valence-electron chi connectivity index (χ3n) is 7.60. The summed E-state index contributed by atoms with van der Waals surface area (Å²) in [6.07, 6.45) is 1.52. The Morgan fingerprint density at radius 1 is 1.14 bits per heavy atom. The first kappa shape index (κ1) is 25.3. The number of para-hydroxylation sites is 1. The maximum Gasteiger partial charge on any atom is 0.0831 e. The molecule has 0 aliphatic carbocycles. The molecule has 0 saturated carbocycles. The quantitative estimate of drug-likeness (QED) is 0.199. The highest BCUT2D eigenvalue weighted by Gasteiger charge is 2.40. The minimum Gasteiger partial charge on any atom is -0.390 e. The topological polar surface area (TPSA) is 60.4 Å². The van der Waals surface area contributed by atoms with Gasteiger partial charge in [0.1, 0.15) is 0 Å². The molecule has 0 bridgehead atoms. The van der Waals surface area contributed by atoms with E-state index in [1.807, 2.05) is 0 Å². The van der Waals surface area contributed by atoms with Gasteiger partial charge in [0.2, 0.25) is 0 Å². The van der Waals surface area contributed by atoms with Crippen molar-refractivity contribution in [2.45, 2.75) is 66.0 Å². The first-order valence-electron chi connectivity index (χ1n) is 13.0. The molecule has 0 radical (unpaired) electrons. The Morgan fingerprint density at radius 3 is 2.68 bits per heavy atom. The molecule has 4 nitrogen and oxygen atoms in total. The van der Waals surface area contributed by atoms with Crippen LogP contribution in [0.5, 0.6) is 0 Å². The highest BCUT2D eigenvalue weighted by molar-refractivity contribution is 7.12. The minimum absolute atomic E-state index is 0.0795. The second-order valence-corrected chi connectivity index (χ2v) is 11.6. The van der Waals surface area contributed by atoms with Crippen molar-refractivity contribution in [2.24, 2.45) is 4.99 Å². The average molecular weight is 510 g/mol. The van der Waals surface area contributed by atoms with Gasteiger partial charge in [-0.05, 0) is 75.7 Å². The highest BCUT2D eigenvalue weighted by atomic mass is 32.1. The number of H-pyrrole nitrogens is 1. The minimum atomic E-state index is -0.547. The molecule has 0 amide bonds. The zero-order valence-corrected chi connectivity index (χ0v) is 23.5. The lowest BCUT2D eigenvalue weighted by atomic mass is 9.75. The average Bonchev–Trinajstić information content (AvgIpc) is 3.49. The predicted molar refractivity (Wildman–Crippen MR) is 158 cm³/mol. The van der Waals surface area contributed by atoms with E-state index < -0.39 is 11.6 Å². The molecule has 5 rings (SSSR count). The number of fused-ring (bicyclic) bond motifs is 2. The number of benzene rings is 2. The summed E-state index contributed by atoms with van der Waals surface area (Å²) in [7, 11) is 0. The van der Waals surface area contributed by atoms with Gasteiger partial charge in [-0.1, -0.05) is 37.0 Å². The summed E-state index contributed by atoms with van der Waals surface area (Å²) in [5.41, 5.74) is 10.4. The molecule has 1 unspecified atom stereocenters. The van der Waals surface area contributed by atoms with Gasteiger partial charge in [0, 0.05) is 52.0 Å². The number of aliphatic hydroxyl groups excluding tert-OH is 1. The van der Waals surface area contributed by atoms with E-state index in [0.717, 1.165) is 61.7 Å². The second kappa shape index (κ2) is 9.52. The number of rotatable bonds is 3.